The SMILES string of the molecule is CN1C(=O)Cc2cccc(C3CC(NC(=O)OCc4ccc5c(c4F)C(=O)N(C4CCC(=O)NC4=O)C5)C3)c21. The molecule has 4 aliphatic rings. The summed E-state index contributed by atoms with van der Waals surface area (Å²) in [5, 5.41) is 5.02. The van der Waals surface area contributed by atoms with E-state index in [1.165, 1.54) is 11.0 Å². The van der Waals surface area contributed by atoms with Gasteiger partial charge in [0.25, 0.3) is 5.91 Å². The van der Waals surface area contributed by atoms with E-state index in [9.17, 15) is 24.0 Å². The number of anilines is 1. The molecular weight excluding hydrogens is 507 g/mol. The number of nitrogens with one attached hydrogen (secondary N) is 2. The number of para-hydroxylation sites is 1. The van der Waals surface area contributed by atoms with E-state index in [2.05, 4.69) is 10.6 Å². The minimum Gasteiger partial charge on any atom is -0.445 e. The lowest BCUT2D eigenvalue weighted by molar-refractivity contribution is -0.137. The fourth-order valence-electron chi connectivity index (χ4n) is 6.00. The van der Waals surface area contributed by atoms with Crippen molar-refractivity contribution in [1.82, 2.24) is 15.5 Å². The third-order valence-electron chi connectivity index (χ3n) is 8.17. The van der Waals surface area contributed by atoms with Crippen molar-refractivity contribution in [3.8, 4) is 0 Å². The van der Waals surface area contributed by atoms with Crippen LogP contribution in [-0.2, 0) is 38.7 Å². The molecule has 1 saturated heterocycles. The first-order valence-electron chi connectivity index (χ1n) is 13.0. The molecule has 2 aromatic rings. The van der Waals surface area contributed by atoms with E-state index in [0.717, 1.165) is 16.8 Å². The van der Waals surface area contributed by atoms with Gasteiger partial charge in [0.1, 0.15) is 18.5 Å². The van der Waals surface area contributed by atoms with Gasteiger partial charge in [-0.1, -0.05) is 30.3 Å². The summed E-state index contributed by atoms with van der Waals surface area (Å²) < 4.78 is 20.5. The highest BCUT2D eigenvalue weighted by Gasteiger charge is 2.41. The van der Waals surface area contributed by atoms with Gasteiger partial charge in [-0.25, -0.2) is 9.18 Å². The highest BCUT2D eigenvalue weighted by Crippen LogP contribution is 2.44. The zero-order chi connectivity index (χ0) is 27.4. The van der Waals surface area contributed by atoms with Crippen LogP contribution in [0.1, 0.15) is 64.2 Å². The molecule has 10 nitrogen and oxygen atoms in total. The van der Waals surface area contributed by atoms with Crippen molar-refractivity contribution in [2.75, 3.05) is 11.9 Å². The Hall–Kier alpha value is -4.28. The number of amides is 5. The number of piperidine rings is 1. The highest BCUT2D eigenvalue weighted by atomic mass is 19.1. The number of likely N-dealkylation sites (N-methyl/N-ethyl adjacent to an activating group) is 1. The number of rotatable bonds is 5. The second kappa shape index (κ2) is 9.48. The molecule has 5 amide bonds. The third kappa shape index (κ3) is 4.31. The van der Waals surface area contributed by atoms with E-state index in [1.54, 1.807) is 18.0 Å². The van der Waals surface area contributed by atoms with Crippen molar-refractivity contribution in [3.63, 3.8) is 0 Å². The molecule has 2 N–H and O–H groups in total. The van der Waals surface area contributed by atoms with Crippen LogP contribution in [0.5, 0.6) is 0 Å². The first-order chi connectivity index (χ1) is 18.7. The normalized spacial score (nSPS) is 23.8. The molecule has 1 saturated carbocycles. The lowest BCUT2D eigenvalue weighted by Gasteiger charge is -2.37. The number of benzene rings is 2. The van der Waals surface area contributed by atoms with Gasteiger partial charge >= 0.3 is 6.09 Å². The number of imide groups is 1. The van der Waals surface area contributed by atoms with Gasteiger partial charge in [-0.05, 0) is 41.9 Å². The van der Waals surface area contributed by atoms with E-state index in [4.69, 9.17) is 4.74 Å². The smallest absolute Gasteiger partial charge is 0.407 e. The van der Waals surface area contributed by atoms with Crippen molar-refractivity contribution in [1.29, 1.82) is 0 Å². The van der Waals surface area contributed by atoms with E-state index >= 15 is 4.39 Å². The molecular formula is C28H27FN4O6. The van der Waals surface area contributed by atoms with Crippen LogP contribution < -0.4 is 15.5 Å². The largest absolute Gasteiger partial charge is 0.445 e. The van der Waals surface area contributed by atoms with Gasteiger partial charge in [0.15, 0.2) is 0 Å². The monoisotopic (exact) mass is 534 g/mol. The summed E-state index contributed by atoms with van der Waals surface area (Å²) in [7, 11) is 1.78. The molecule has 2 fully saturated rings. The number of carbonyl (C=O) groups is 5. The Bertz CT molecular complexity index is 1440. The number of hydrogen-bond donors (Lipinski definition) is 2. The molecule has 11 heteroatoms. The van der Waals surface area contributed by atoms with Gasteiger partial charge < -0.3 is 19.9 Å². The summed E-state index contributed by atoms with van der Waals surface area (Å²) in [6.45, 7) is -0.289. The minimum atomic E-state index is -0.836. The summed E-state index contributed by atoms with van der Waals surface area (Å²) in [6.07, 6.45) is 1.42. The standard InChI is InChI=1S/C28H27FN4O6/c1-32-22(35)11-14-3-2-4-19(25(14)32)17-9-18(10-17)30-28(38)39-13-16-6-5-15-12-33(27(37)23(15)24(16)29)20-7-8-21(34)31-26(20)36/h2-6,17-18,20H,7-13H2,1H3,(H,30,38)(H,31,34,36). The summed E-state index contributed by atoms with van der Waals surface area (Å²) in [6, 6.07) is 8.06. The van der Waals surface area contributed by atoms with E-state index in [1.807, 2.05) is 18.2 Å². The minimum absolute atomic E-state index is 0.0569. The Labute approximate surface area is 223 Å². The maximum atomic E-state index is 15.3. The molecule has 3 aliphatic heterocycles. The molecule has 1 aliphatic carbocycles. The molecule has 3 heterocycles. The van der Waals surface area contributed by atoms with Crippen molar-refractivity contribution in [3.05, 3.63) is 64.0 Å². The fraction of sp³-hybridized carbons (Fsp3) is 0.393. The van der Waals surface area contributed by atoms with Crippen molar-refractivity contribution < 1.29 is 33.1 Å². The van der Waals surface area contributed by atoms with Crippen LogP contribution in [0.25, 0.3) is 0 Å². The number of hydrogen-bond acceptors (Lipinski definition) is 6. The van der Waals surface area contributed by atoms with Crippen LogP contribution in [0.4, 0.5) is 14.9 Å². The number of fused-ring (bicyclic) bond motifs is 2. The van der Waals surface area contributed by atoms with E-state index in [0.29, 0.717) is 24.8 Å². The molecule has 0 aromatic heterocycles. The van der Waals surface area contributed by atoms with Crippen LogP contribution in [0, 0.1) is 5.82 Å². The van der Waals surface area contributed by atoms with Crippen molar-refractivity contribution in [2.45, 2.75) is 63.3 Å². The number of halogens is 1. The average molecular weight is 535 g/mol. The Balaban J connectivity index is 1.04. The molecule has 6 rings (SSSR count). The van der Waals surface area contributed by atoms with E-state index < -0.39 is 35.7 Å². The first-order valence-corrected chi connectivity index (χ1v) is 13.0. The second-order valence-electron chi connectivity index (χ2n) is 10.5. The first kappa shape index (κ1) is 25.0. The van der Waals surface area contributed by atoms with Crippen LogP contribution in [-0.4, -0.2) is 53.8 Å². The lowest BCUT2D eigenvalue weighted by Crippen LogP contribution is -2.52. The summed E-state index contributed by atoms with van der Waals surface area (Å²) in [4.78, 5) is 64.1. The van der Waals surface area contributed by atoms with Crippen LogP contribution in [0.15, 0.2) is 30.3 Å². The molecule has 0 spiro atoms. The maximum Gasteiger partial charge on any atom is 0.407 e. The number of alkyl carbamates (subject to hydrolysis) is 1. The Kier molecular flexibility index (Phi) is 6.08. The molecule has 2 aromatic carbocycles. The number of ether oxygens (including phenoxy) is 1. The lowest BCUT2D eigenvalue weighted by atomic mass is 9.75. The maximum absolute atomic E-state index is 15.3. The molecule has 0 radical (unpaired) electrons. The second-order valence-corrected chi connectivity index (χ2v) is 10.5. The van der Waals surface area contributed by atoms with Crippen molar-refractivity contribution >= 4 is 35.4 Å². The third-order valence-corrected chi connectivity index (χ3v) is 8.17. The average Bonchev–Trinajstić information content (AvgIpc) is 3.36. The summed E-state index contributed by atoms with van der Waals surface area (Å²) in [5.74, 6) is -2.08. The predicted octanol–water partition coefficient (Wildman–Crippen LogP) is 2.28. The van der Waals surface area contributed by atoms with Crippen LogP contribution in [0.3, 0.4) is 0 Å². The molecule has 0 bridgehead atoms. The number of nitrogens with zero attached hydrogens (tertiary/aromatic N) is 2. The summed E-state index contributed by atoms with van der Waals surface area (Å²) in [5.41, 5.74) is 3.44. The van der Waals surface area contributed by atoms with Crippen molar-refractivity contribution in [2.24, 2.45) is 0 Å². The number of carbonyl (C=O) groups excluding carboxylic acids is 5. The predicted molar refractivity (Wildman–Crippen MR) is 135 cm³/mol. The zero-order valence-corrected chi connectivity index (χ0v) is 21.3. The van der Waals surface area contributed by atoms with Gasteiger partial charge in [-0.2, -0.15) is 0 Å². The van der Waals surface area contributed by atoms with Crippen LogP contribution >= 0.6 is 0 Å². The molecule has 39 heavy (non-hydrogen) atoms. The Morgan fingerprint density at radius 3 is 2.69 bits per heavy atom. The van der Waals surface area contributed by atoms with E-state index in [-0.39, 0.29) is 55.0 Å². The molecule has 202 valence electrons. The van der Waals surface area contributed by atoms with Gasteiger partial charge in [-0.15, -0.1) is 0 Å². The van der Waals surface area contributed by atoms with Gasteiger partial charge in [0.2, 0.25) is 17.7 Å². The summed E-state index contributed by atoms with van der Waals surface area (Å²) >= 11 is 0. The topological polar surface area (TPSA) is 125 Å². The molecule has 1 atom stereocenters. The molecule has 1 unspecified atom stereocenters. The van der Waals surface area contributed by atoms with Gasteiger partial charge in [0.05, 0.1) is 17.7 Å². The zero-order valence-electron chi connectivity index (χ0n) is 21.3. The Morgan fingerprint density at radius 1 is 1.13 bits per heavy atom. The quantitative estimate of drug-likeness (QED) is 0.567. The fourth-order valence-corrected chi connectivity index (χ4v) is 6.00. The van der Waals surface area contributed by atoms with Crippen LogP contribution in [0.2, 0.25) is 0 Å². The highest BCUT2D eigenvalue weighted by molar-refractivity contribution is 6.05. The van der Waals surface area contributed by atoms with Gasteiger partial charge in [-0.3, -0.25) is 24.5 Å². The Morgan fingerprint density at radius 2 is 1.92 bits per heavy atom. The van der Waals surface area contributed by atoms with Gasteiger partial charge in [0, 0.05) is 31.6 Å².